The molecule has 0 N–H and O–H groups in total. The van der Waals surface area contributed by atoms with Crippen LogP contribution in [0.4, 0.5) is 4.39 Å². The zero-order valence-corrected chi connectivity index (χ0v) is 23.3. The number of nitrogens with zero attached hydrogens (tertiary/aromatic N) is 4. The fourth-order valence-corrected chi connectivity index (χ4v) is 4.71. The van der Waals surface area contributed by atoms with Gasteiger partial charge in [0.15, 0.2) is 5.78 Å². The van der Waals surface area contributed by atoms with Crippen LogP contribution in [0, 0.1) is 5.82 Å². The summed E-state index contributed by atoms with van der Waals surface area (Å²) < 4.78 is 30.0. The summed E-state index contributed by atoms with van der Waals surface area (Å²) in [6.07, 6.45) is 2.37. The van der Waals surface area contributed by atoms with Gasteiger partial charge in [-0.05, 0) is 48.0 Å². The van der Waals surface area contributed by atoms with Gasteiger partial charge in [0.2, 0.25) is 5.88 Å². The van der Waals surface area contributed by atoms with Crippen molar-refractivity contribution in [3.63, 3.8) is 0 Å². The van der Waals surface area contributed by atoms with E-state index in [1.807, 2.05) is 29.7 Å². The number of carbonyl (C=O) groups excluding carboxylic acids is 1. The first-order valence-electron chi connectivity index (χ1n) is 13.4. The van der Waals surface area contributed by atoms with Gasteiger partial charge in [0.25, 0.3) is 5.56 Å². The Bertz CT molecular complexity index is 1780. The van der Waals surface area contributed by atoms with Crippen molar-refractivity contribution in [3.05, 3.63) is 112 Å². The number of benzene rings is 2. The number of methoxy groups -OCH3 is 1. The molecule has 0 radical (unpaired) electrons. The van der Waals surface area contributed by atoms with Crippen LogP contribution < -0.4 is 10.3 Å². The molecule has 0 bridgehead atoms. The topological polar surface area (TPSA) is 88.2 Å². The summed E-state index contributed by atoms with van der Waals surface area (Å²) in [5, 5.41) is 0. The van der Waals surface area contributed by atoms with Gasteiger partial charge in [0, 0.05) is 56.9 Å². The highest BCUT2D eigenvalue weighted by Gasteiger charge is 2.16. The monoisotopic (exact) mass is 554 g/mol. The first-order valence-corrected chi connectivity index (χ1v) is 13.4. The Morgan fingerprint density at radius 3 is 2.63 bits per heavy atom. The maximum Gasteiger partial charge on any atom is 0.256 e. The standard InChI is InChI=1S/C32H31FN4O4/c1-4-29(38)23-12-13-27-28(18-23)37(15-16-40-3)30(34-27)19-21-10-11-22(17-25(21)33)26-8-5-9-31(35-26)41-20-24-7-6-14-36(2)32(24)39/h5-14,17-18H,4,15-16,19-20H2,1-3H3. The van der Waals surface area contributed by atoms with Crippen molar-refractivity contribution in [3.8, 4) is 17.1 Å². The second-order valence-electron chi connectivity index (χ2n) is 9.73. The maximum absolute atomic E-state index is 15.4. The number of hydrogen-bond donors (Lipinski definition) is 0. The van der Waals surface area contributed by atoms with Crippen molar-refractivity contribution in [1.82, 2.24) is 19.1 Å². The molecule has 0 unspecified atom stereocenters. The molecule has 0 aliphatic carbocycles. The molecule has 9 heteroatoms. The van der Waals surface area contributed by atoms with Gasteiger partial charge in [-0.15, -0.1) is 0 Å². The Balaban J connectivity index is 1.38. The average Bonchev–Trinajstić information content (AvgIpc) is 3.33. The number of imidazole rings is 1. The molecule has 0 saturated carbocycles. The molecule has 0 fully saturated rings. The molecular formula is C32H31FN4O4. The van der Waals surface area contributed by atoms with Crippen LogP contribution >= 0.6 is 0 Å². The Kier molecular flexibility index (Phi) is 8.35. The van der Waals surface area contributed by atoms with E-state index in [-0.39, 0.29) is 30.2 Å². The van der Waals surface area contributed by atoms with Crippen LogP contribution in [-0.4, -0.2) is 38.6 Å². The number of pyridine rings is 2. The van der Waals surface area contributed by atoms with Crippen molar-refractivity contribution in [2.24, 2.45) is 7.05 Å². The minimum atomic E-state index is -0.379. The summed E-state index contributed by atoms with van der Waals surface area (Å²) in [5.74, 6) is 0.702. The molecule has 210 valence electrons. The SMILES string of the molecule is CCC(=O)c1ccc2nc(Cc3ccc(-c4cccc(OCc5cccn(C)c5=O)n4)cc3F)n(CCOC)c2c1. The highest BCUT2D eigenvalue weighted by atomic mass is 19.1. The van der Waals surface area contributed by atoms with Gasteiger partial charge in [0.05, 0.1) is 28.9 Å². The lowest BCUT2D eigenvalue weighted by Gasteiger charge is -2.11. The molecule has 0 spiro atoms. The number of rotatable bonds is 11. The number of ether oxygens (including phenoxy) is 2. The lowest BCUT2D eigenvalue weighted by molar-refractivity contribution is 0.0988. The Morgan fingerprint density at radius 2 is 1.85 bits per heavy atom. The lowest BCUT2D eigenvalue weighted by Crippen LogP contribution is -2.21. The third-order valence-corrected chi connectivity index (χ3v) is 6.99. The number of Topliss-reactive ketones (excluding diaryl/α,β-unsaturated/α-hetero) is 1. The summed E-state index contributed by atoms with van der Waals surface area (Å²) in [5.41, 5.74) is 4.22. The molecule has 5 aromatic rings. The van der Waals surface area contributed by atoms with Crippen LogP contribution in [0.5, 0.6) is 5.88 Å². The number of hydrogen-bond acceptors (Lipinski definition) is 6. The smallest absolute Gasteiger partial charge is 0.256 e. The molecule has 3 aromatic heterocycles. The van der Waals surface area contributed by atoms with E-state index in [1.54, 1.807) is 62.8 Å². The van der Waals surface area contributed by atoms with Crippen molar-refractivity contribution >= 4 is 16.8 Å². The summed E-state index contributed by atoms with van der Waals surface area (Å²) in [4.78, 5) is 33.8. The summed E-state index contributed by atoms with van der Waals surface area (Å²) in [6.45, 7) is 2.89. The number of aryl methyl sites for hydroxylation is 1. The Hall–Kier alpha value is -4.63. The number of ketones is 1. The van der Waals surface area contributed by atoms with Crippen LogP contribution in [0.15, 0.2) is 77.7 Å². The van der Waals surface area contributed by atoms with Gasteiger partial charge in [0.1, 0.15) is 18.2 Å². The summed E-state index contributed by atoms with van der Waals surface area (Å²) in [6, 6.07) is 19.2. The fourth-order valence-electron chi connectivity index (χ4n) is 4.71. The molecule has 2 aromatic carbocycles. The molecule has 8 nitrogen and oxygen atoms in total. The average molecular weight is 555 g/mol. The van der Waals surface area contributed by atoms with Gasteiger partial charge in [-0.1, -0.05) is 25.1 Å². The molecule has 3 heterocycles. The number of fused-ring (bicyclic) bond motifs is 1. The van der Waals surface area contributed by atoms with Crippen LogP contribution in [0.25, 0.3) is 22.3 Å². The zero-order valence-electron chi connectivity index (χ0n) is 23.3. The van der Waals surface area contributed by atoms with Gasteiger partial charge in [-0.25, -0.2) is 14.4 Å². The number of carbonyl (C=O) groups is 1. The second kappa shape index (κ2) is 12.3. The molecular weight excluding hydrogens is 523 g/mol. The van der Waals surface area contributed by atoms with Gasteiger partial charge in [-0.3, -0.25) is 9.59 Å². The molecule has 0 aliphatic heterocycles. The van der Waals surface area contributed by atoms with Crippen LogP contribution in [0.2, 0.25) is 0 Å². The van der Waals surface area contributed by atoms with Gasteiger partial charge in [-0.2, -0.15) is 0 Å². The minimum absolute atomic E-state index is 0.0574. The Labute approximate surface area is 237 Å². The van der Waals surface area contributed by atoms with Crippen molar-refractivity contribution in [1.29, 1.82) is 0 Å². The van der Waals surface area contributed by atoms with E-state index in [9.17, 15) is 9.59 Å². The van der Waals surface area contributed by atoms with Crippen LogP contribution in [-0.2, 0) is 31.4 Å². The molecule has 0 atom stereocenters. The largest absolute Gasteiger partial charge is 0.473 e. The highest BCUT2D eigenvalue weighted by Crippen LogP contribution is 2.26. The maximum atomic E-state index is 15.4. The first-order chi connectivity index (χ1) is 19.9. The minimum Gasteiger partial charge on any atom is -0.473 e. The van der Waals surface area contributed by atoms with E-state index in [2.05, 4.69) is 4.98 Å². The quantitative estimate of drug-likeness (QED) is 0.205. The highest BCUT2D eigenvalue weighted by molar-refractivity contribution is 5.98. The van der Waals surface area contributed by atoms with E-state index < -0.39 is 0 Å². The predicted octanol–water partition coefficient (Wildman–Crippen LogP) is 5.35. The predicted molar refractivity (Wildman–Crippen MR) is 155 cm³/mol. The van der Waals surface area contributed by atoms with E-state index in [0.29, 0.717) is 59.2 Å². The Morgan fingerprint density at radius 1 is 1.00 bits per heavy atom. The molecule has 0 aliphatic rings. The van der Waals surface area contributed by atoms with Crippen molar-refractivity contribution in [2.45, 2.75) is 32.9 Å². The fraction of sp³-hybridized carbons (Fsp3) is 0.250. The van der Waals surface area contributed by atoms with Crippen LogP contribution in [0.3, 0.4) is 0 Å². The molecule has 0 amide bonds. The molecule has 41 heavy (non-hydrogen) atoms. The molecule has 5 rings (SSSR count). The van der Waals surface area contributed by atoms with E-state index >= 15 is 4.39 Å². The number of halogens is 1. The zero-order chi connectivity index (χ0) is 28.9. The van der Waals surface area contributed by atoms with Gasteiger partial charge >= 0.3 is 0 Å². The van der Waals surface area contributed by atoms with Crippen LogP contribution in [0.1, 0.15) is 40.7 Å². The van der Waals surface area contributed by atoms with E-state index in [4.69, 9.17) is 14.5 Å². The third kappa shape index (κ3) is 6.10. The normalized spacial score (nSPS) is 11.2. The van der Waals surface area contributed by atoms with Crippen molar-refractivity contribution in [2.75, 3.05) is 13.7 Å². The van der Waals surface area contributed by atoms with E-state index in [1.165, 1.54) is 10.6 Å². The number of aromatic nitrogens is 4. The first kappa shape index (κ1) is 27.9. The van der Waals surface area contributed by atoms with Crippen molar-refractivity contribution < 1.29 is 18.7 Å². The van der Waals surface area contributed by atoms with E-state index in [0.717, 1.165) is 11.0 Å². The third-order valence-electron chi connectivity index (χ3n) is 6.99. The van der Waals surface area contributed by atoms with Gasteiger partial charge < -0.3 is 18.6 Å². The summed E-state index contributed by atoms with van der Waals surface area (Å²) >= 11 is 0. The molecule has 0 saturated heterocycles. The second-order valence-corrected chi connectivity index (χ2v) is 9.73. The lowest BCUT2D eigenvalue weighted by atomic mass is 10.1. The summed E-state index contributed by atoms with van der Waals surface area (Å²) in [7, 11) is 3.31.